The summed E-state index contributed by atoms with van der Waals surface area (Å²) in [5, 5.41) is 29.1. The number of halogens is 4. The van der Waals surface area contributed by atoms with Crippen molar-refractivity contribution in [1.29, 1.82) is 0 Å². The number of benzene rings is 1. The van der Waals surface area contributed by atoms with Crippen LogP contribution >= 0.6 is 11.6 Å². The van der Waals surface area contributed by atoms with Crippen LogP contribution < -0.4 is 4.74 Å². The molecule has 0 aromatic heterocycles. The average molecular weight is 437 g/mol. The first-order chi connectivity index (χ1) is 13.7. The zero-order chi connectivity index (χ0) is 21.2. The Hall–Kier alpha value is -1.32. The normalized spacial score (nSPS) is 35.5. The Morgan fingerprint density at radius 1 is 1.10 bits per heavy atom. The van der Waals surface area contributed by atoms with Gasteiger partial charge in [0, 0.05) is 12.3 Å². The SMILES string of the molecule is OCC1OC(C2C=CC(Cl)C(Cc3ccc(OC(F)(F)F)cc3)C2)CC(O)[C@@H]1O. The molecule has 3 rings (SSSR count). The fourth-order valence-electron chi connectivity index (χ4n) is 3.98. The molecule has 1 aliphatic carbocycles. The van der Waals surface area contributed by atoms with Crippen LogP contribution in [0.2, 0.25) is 0 Å². The number of rotatable bonds is 5. The molecule has 1 aliphatic heterocycles. The topological polar surface area (TPSA) is 79.2 Å². The third kappa shape index (κ3) is 5.86. The van der Waals surface area contributed by atoms with Crippen LogP contribution in [0, 0.1) is 11.8 Å². The lowest BCUT2D eigenvalue weighted by molar-refractivity contribution is -0.274. The molecule has 6 unspecified atom stereocenters. The molecule has 1 fully saturated rings. The highest BCUT2D eigenvalue weighted by molar-refractivity contribution is 6.22. The van der Waals surface area contributed by atoms with Crippen LogP contribution in [0.4, 0.5) is 13.2 Å². The van der Waals surface area contributed by atoms with Gasteiger partial charge < -0.3 is 24.8 Å². The lowest BCUT2D eigenvalue weighted by atomic mass is 9.78. The molecule has 1 heterocycles. The summed E-state index contributed by atoms with van der Waals surface area (Å²) in [4.78, 5) is 0. The number of allylic oxidation sites excluding steroid dienone is 1. The predicted molar refractivity (Wildman–Crippen MR) is 99.6 cm³/mol. The molecule has 1 saturated heterocycles. The fraction of sp³-hybridized carbons (Fsp3) is 0.600. The van der Waals surface area contributed by atoms with E-state index in [-0.39, 0.29) is 42.1 Å². The van der Waals surface area contributed by atoms with Gasteiger partial charge in [-0.3, -0.25) is 0 Å². The molecular weight excluding hydrogens is 413 g/mol. The van der Waals surface area contributed by atoms with E-state index in [2.05, 4.69) is 4.74 Å². The highest BCUT2D eigenvalue weighted by atomic mass is 35.5. The number of aliphatic hydroxyl groups is 3. The van der Waals surface area contributed by atoms with Crippen LogP contribution in [0.25, 0.3) is 0 Å². The number of ether oxygens (including phenoxy) is 2. The minimum Gasteiger partial charge on any atom is -0.406 e. The van der Waals surface area contributed by atoms with Crippen molar-refractivity contribution in [2.75, 3.05) is 6.61 Å². The third-order valence-electron chi connectivity index (χ3n) is 5.48. The zero-order valence-electron chi connectivity index (χ0n) is 15.5. The maximum Gasteiger partial charge on any atom is 0.573 e. The molecule has 0 saturated carbocycles. The highest BCUT2D eigenvalue weighted by Crippen LogP contribution is 2.36. The summed E-state index contributed by atoms with van der Waals surface area (Å²) in [6, 6.07) is 5.71. The fourth-order valence-corrected chi connectivity index (χ4v) is 4.25. The minimum absolute atomic E-state index is 0.0150. The maximum atomic E-state index is 12.3. The maximum absolute atomic E-state index is 12.3. The molecule has 3 N–H and O–H groups in total. The van der Waals surface area contributed by atoms with Gasteiger partial charge in [-0.2, -0.15) is 0 Å². The van der Waals surface area contributed by atoms with E-state index >= 15 is 0 Å². The lowest BCUT2D eigenvalue weighted by Gasteiger charge is -2.41. The third-order valence-corrected chi connectivity index (χ3v) is 5.98. The number of hydrogen-bond donors (Lipinski definition) is 3. The van der Waals surface area contributed by atoms with E-state index in [9.17, 15) is 28.5 Å². The van der Waals surface area contributed by atoms with E-state index in [1.807, 2.05) is 12.2 Å². The van der Waals surface area contributed by atoms with Crippen LogP contribution in [-0.2, 0) is 11.2 Å². The average Bonchev–Trinajstić information content (AvgIpc) is 2.66. The molecule has 0 amide bonds. The summed E-state index contributed by atoms with van der Waals surface area (Å²) in [5.41, 5.74) is 0.831. The second-order valence-electron chi connectivity index (χ2n) is 7.57. The summed E-state index contributed by atoms with van der Waals surface area (Å²) < 4.78 is 46.5. The molecule has 7 atom stereocenters. The number of hydrogen-bond acceptors (Lipinski definition) is 5. The van der Waals surface area contributed by atoms with Crippen molar-refractivity contribution >= 4 is 11.6 Å². The van der Waals surface area contributed by atoms with Crippen molar-refractivity contribution in [2.45, 2.75) is 55.4 Å². The Labute approximate surface area is 171 Å². The van der Waals surface area contributed by atoms with Crippen molar-refractivity contribution in [3.05, 3.63) is 42.0 Å². The van der Waals surface area contributed by atoms with Gasteiger partial charge in [0.05, 0.1) is 24.2 Å². The second kappa shape index (κ2) is 9.22. The van der Waals surface area contributed by atoms with Gasteiger partial charge in [-0.25, -0.2) is 0 Å². The summed E-state index contributed by atoms with van der Waals surface area (Å²) in [6.07, 6.45) is -2.80. The monoisotopic (exact) mass is 436 g/mol. The molecule has 5 nitrogen and oxygen atoms in total. The summed E-state index contributed by atoms with van der Waals surface area (Å²) >= 11 is 6.43. The van der Waals surface area contributed by atoms with Crippen LogP contribution in [0.5, 0.6) is 5.75 Å². The lowest BCUT2D eigenvalue weighted by Crippen LogP contribution is -2.52. The summed E-state index contributed by atoms with van der Waals surface area (Å²) in [6.45, 7) is -0.390. The molecule has 0 radical (unpaired) electrons. The van der Waals surface area contributed by atoms with Crippen LogP contribution in [-0.4, -0.2) is 58.1 Å². The van der Waals surface area contributed by atoms with Crippen molar-refractivity contribution in [3.63, 3.8) is 0 Å². The Morgan fingerprint density at radius 3 is 2.41 bits per heavy atom. The Morgan fingerprint density at radius 2 is 1.79 bits per heavy atom. The summed E-state index contributed by atoms with van der Waals surface area (Å²) in [7, 11) is 0. The van der Waals surface area contributed by atoms with E-state index in [0.717, 1.165) is 5.56 Å². The van der Waals surface area contributed by atoms with Crippen molar-refractivity contribution in [3.8, 4) is 5.75 Å². The molecule has 1 aromatic rings. The van der Waals surface area contributed by atoms with Gasteiger partial charge in [0.1, 0.15) is 18.0 Å². The predicted octanol–water partition coefficient (Wildman–Crippen LogP) is 2.80. The number of alkyl halides is 4. The first kappa shape index (κ1) is 22.4. The van der Waals surface area contributed by atoms with Gasteiger partial charge in [0.2, 0.25) is 0 Å². The molecule has 0 bridgehead atoms. The minimum atomic E-state index is -4.73. The van der Waals surface area contributed by atoms with E-state index in [1.54, 1.807) is 12.1 Å². The first-order valence-electron chi connectivity index (χ1n) is 9.46. The van der Waals surface area contributed by atoms with Gasteiger partial charge in [0.25, 0.3) is 0 Å². The molecule has 9 heteroatoms. The molecule has 162 valence electrons. The van der Waals surface area contributed by atoms with Crippen LogP contribution in [0.1, 0.15) is 18.4 Å². The number of aliphatic hydroxyl groups excluding tert-OH is 3. The standard InChI is InChI=1S/C20H24ClF3O5/c21-15-6-3-12(17-9-16(26)19(27)18(10-25)28-17)8-13(15)7-11-1-4-14(5-2-11)29-20(22,23)24/h1-6,12-13,15-19,25-27H,7-10H2/t12?,13?,15?,16?,17?,18?,19-/m0/s1. The molecule has 2 aliphatic rings. The van der Waals surface area contributed by atoms with Gasteiger partial charge in [-0.05, 0) is 36.5 Å². The van der Waals surface area contributed by atoms with Crippen LogP contribution in [0.15, 0.2) is 36.4 Å². The van der Waals surface area contributed by atoms with Crippen molar-refractivity contribution in [1.82, 2.24) is 0 Å². The largest absolute Gasteiger partial charge is 0.573 e. The smallest absolute Gasteiger partial charge is 0.406 e. The Balaban J connectivity index is 1.63. The molecule has 1 aromatic carbocycles. The van der Waals surface area contributed by atoms with E-state index in [1.165, 1.54) is 12.1 Å². The van der Waals surface area contributed by atoms with Crippen molar-refractivity contribution in [2.24, 2.45) is 11.8 Å². The molecule has 29 heavy (non-hydrogen) atoms. The van der Waals surface area contributed by atoms with Gasteiger partial charge in [-0.1, -0.05) is 24.3 Å². The Kier molecular flexibility index (Phi) is 7.11. The van der Waals surface area contributed by atoms with Gasteiger partial charge in [0.15, 0.2) is 0 Å². The van der Waals surface area contributed by atoms with E-state index in [0.29, 0.717) is 12.8 Å². The zero-order valence-corrected chi connectivity index (χ0v) is 16.3. The van der Waals surface area contributed by atoms with E-state index < -0.39 is 24.7 Å². The van der Waals surface area contributed by atoms with Gasteiger partial charge in [-0.15, -0.1) is 24.8 Å². The Bertz CT molecular complexity index is 696. The van der Waals surface area contributed by atoms with Crippen molar-refractivity contribution < 1.29 is 38.0 Å². The quantitative estimate of drug-likeness (QED) is 0.488. The first-order valence-corrected chi connectivity index (χ1v) is 9.89. The molecular formula is C20H24ClF3O5. The highest BCUT2D eigenvalue weighted by Gasteiger charge is 2.40. The summed E-state index contributed by atoms with van der Waals surface area (Å²) in [5.74, 6) is -0.316. The molecule has 0 spiro atoms. The van der Waals surface area contributed by atoms with E-state index in [4.69, 9.17) is 16.3 Å². The van der Waals surface area contributed by atoms with Crippen LogP contribution in [0.3, 0.4) is 0 Å². The van der Waals surface area contributed by atoms with Gasteiger partial charge >= 0.3 is 6.36 Å². The second-order valence-corrected chi connectivity index (χ2v) is 8.08.